The molecule has 0 saturated heterocycles. The third kappa shape index (κ3) is 3.62. The number of aliphatic imine (C=N–C) groups is 1. The average molecular weight is 381 g/mol. The van der Waals surface area contributed by atoms with Crippen LogP contribution < -0.4 is 24.8 Å². The summed E-state index contributed by atoms with van der Waals surface area (Å²) in [6.45, 7) is 2.53. The van der Waals surface area contributed by atoms with Crippen molar-refractivity contribution in [3.8, 4) is 17.2 Å². The first-order valence-electron chi connectivity index (χ1n) is 8.94. The van der Waals surface area contributed by atoms with Gasteiger partial charge in [-0.15, -0.1) is 0 Å². The fraction of sp³-hybridized carbons (Fsp3) is 0.250. The Morgan fingerprint density at radius 3 is 2.93 bits per heavy atom. The maximum atomic E-state index is 12.6. The van der Waals surface area contributed by atoms with Gasteiger partial charge in [-0.2, -0.15) is 0 Å². The molecule has 0 bridgehead atoms. The molecule has 2 heterocycles. The van der Waals surface area contributed by atoms with E-state index in [-0.39, 0.29) is 25.1 Å². The molecule has 2 aromatic rings. The standard InChI is InChI=1S/C20H19N3O5/c1-2-26-15-6-4-3-5-13(15)14-10-18(24)22-20(21-14)23-19(25)12-7-8-16-17(9-12)28-11-27-16/h3-9,14H,2,10-11H2,1H3,(H2,21,22,23,24,25). The minimum atomic E-state index is -0.441. The molecule has 2 aromatic carbocycles. The lowest BCUT2D eigenvalue weighted by molar-refractivity contribution is -0.120. The number of carbonyl (C=O) groups excluding carboxylic acids is 2. The van der Waals surface area contributed by atoms with Crippen molar-refractivity contribution in [2.45, 2.75) is 19.4 Å². The molecular formula is C20H19N3O5. The van der Waals surface area contributed by atoms with E-state index in [4.69, 9.17) is 14.2 Å². The van der Waals surface area contributed by atoms with Crippen LogP contribution >= 0.6 is 0 Å². The van der Waals surface area contributed by atoms with E-state index in [2.05, 4.69) is 15.6 Å². The number of ether oxygens (including phenoxy) is 3. The van der Waals surface area contributed by atoms with Crippen LogP contribution in [-0.2, 0) is 4.79 Å². The SMILES string of the molecule is CCOc1ccccc1C1CC(=O)NC(NC(=O)c2ccc3c(c2)OCO3)=N1. The number of para-hydroxylation sites is 1. The van der Waals surface area contributed by atoms with Gasteiger partial charge in [0.1, 0.15) is 5.75 Å². The summed E-state index contributed by atoms with van der Waals surface area (Å²) in [6, 6.07) is 11.9. The van der Waals surface area contributed by atoms with Gasteiger partial charge in [-0.3, -0.25) is 20.2 Å². The number of rotatable bonds is 4. The lowest BCUT2D eigenvalue weighted by Crippen LogP contribution is -2.47. The lowest BCUT2D eigenvalue weighted by Gasteiger charge is -2.23. The molecule has 28 heavy (non-hydrogen) atoms. The molecule has 2 N–H and O–H groups in total. The number of nitrogens with one attached hydrogen (secondary N) is 2. The highest BCUT2D eigenvalue weighted by Crippen LogP contribution is 2.33. The van der Waals surface area contributed by atoms with Crippen LogP contribution in [0.5, 0.6) is 17.2 Å². The largest absolute Gasteiger partial charge is 0.494 e. The number of nitrogens with zero attached hydrogens (tertiary/aromatic N) is 1. The van der Waals surface area contributed by atoms with Crippen LogP contribution in [0.4, 0.5) is 0 Å². The Bertz CT molecular complexity index is 957. The lowest BCUT2D eigenvalue weighted by atomic mass is 10.0. The Hall–Kier alpha value is -3.55. The summed E-state index contributed by atoms with van der Waals surface area (Å²) in [5.74, 6) is 1.24. The first-order chi connectivity index (χ1) is 13.6. The maximum absolute atomic E-state index is 12.6. The molecule has 8 nitrogen and oxygen atoms in total. The molecule has 0 fully saturated rings. The van der Waals surface area contributed by atoms with Crippen LogP contribution in [0.1, 0.15) is 35.3 Å². The average Bonchev–Trinajstić information content (AvgIpc) is 3.16. The van der Waals surface area contributed by atoms with Gasteiger partial charge < -0.3 is 14.2 Å². The number of amides is 2. The van der Waals surface area contributed by atoms with Gasteiger partial charge >= 0.3 is 0 Å². The minimum Gasteiger partial charge on any atom is -0.494 e. The van der Waals surface area contributed by atoms with Gasteiger partial charge in [-0.1, -0.05) is 18.2 Å². The highest BCUT2D eigenvalue weighted by molar-refractivity contribution is 6.10. The van der Waals surface area contributed by atoms with E-state index in [1.165, 1.54) is 0 Å². The number of fused-ring (bicyclic) bond motifs is 1. The summed E-state index contributed by atoms with van der Waals surface area (Å²) >= 11 is 0. The number of carbonyl (C=O) groups is 2. The zero-order valence-corrected chi connectivity index (χ0v) is 15.2. The van der Waals surface area contributed by atoms with E-state index in [0.717, 1.165) is 5.56 Å². The molecular weight excluding hydrogens is 362 g/mol. The van der Waals surface area contributed by atoms with Crippen molar-refractivity contribution in [2.24, 2.45) is 4.99 Å². The predicted molar refractivity (Wildman–Crippen MR) is 101 cm³/mol. The van der Waals surface area contributed by atoms with Crippen LogP contribution in [0.15, 0.2) is 47.5 Å². The summed E-state index contributed by atoms with van der Waals surface area (Å²) in [7, 11) is 0. The molecule has 0 aromatic heterocycles. The smallest absolute Gasteiger partial charge is 0.258 e. The molecule has 1 atom stereocenters. The Labute approximate surface area is 161 Å². The second kappa shape index (κ2) is 7.59. The molecule has 2 aliphatic heterocycles. The van der Waals surface area contributed by atoms with E-state index >= 15 is 0 Å². The predicted octanol–water partition coefficient (Wildman–Crippen LogP) is 2.16. The van der Waals surface area contributed by atoms with Gasteiger partial charge in [-0.05, 0) is 31.2 Å². The van der Waals surface area contributed by atoms with E-state index in [0.29, 0.717) is 29.4 Å². The third-order valence-corrected chi connectivity index (χ3v) is 4.37. The second-order valence-electron chi connectivity index (χ2n) is 6.24. The zero-order chi connectivity index (χ0) is 19.5. The molecule has 1 unspecified atom stereocenters. The van der Waals surface area contributed by atoms with Gasteiger partial charge in [0, 0.05) is 11.1 Å². The summed E-state index contributed by atoms with van der Waals surface area (Å²) < 4.78 is 16.2. The molecule has 0 saturated carbocycles. The van der Waals surface area contributed by atoms with E-state index in [9.17, 15) is 9.59 Å². The van der Waals surface area contributed by atoms with Crippen molar-refractivity contribution in [3.05, 3.63) is 53.6 Å². The van der Waals surface area contributed by atoms with E-state index in [1.54, 1.807) is 18.2 Å². The van der Waals surface area contributed by atoms with Gasteiger partial charge in [0.05, 0.1) is 19.1 Å². The third-order valence-electron chi connectivity index (χ3n) is 4.37. The quantitative estimate of drug-likeness (QED) is 0.846. The zero-order valence-electron chi connectivity index (χ0n) is 15.2. The Morgan fingerprint density at radius 2 is 2.07 bits per heavy atom. The molecule has 0 aliphatic carbocycles. The molecule has 0 radical (unpaired) electrons. The normalized spacial score (nSPS) is 17.5. The van der Waals surface area contributed by atoms with Crippen LogP contribution in [0, 0.1) is 0 Å². The highest BCUT2D eigenvalue weighted by Gasteiger charge is 2.26. The molecule has 4 rings (SSSR count). The fourth-order valence-corrected chi connectivity index (χ4v) is 3.10. The summed E-state index contributed by atoms with van der Waals surface area (Å²) in [4.78, 5) is 29.2. The summed E-state index contributed by atoms with van der Waals surface area (Å²) in [6.07, 6.45) is 0.174. The molecule has 2 amide bonds. The van der Waals surface area contributed by atoms with Crippen LogP contribution in [-0.4, -0.2) is 31.2 Å². The van der Waals surface area contributed by atoms with Crippen molar-refractivity contribution >= 4 is 17.8 Å². The fourth-order valence-electron chi connectivity index (χ4n) is 3.10. The number of hydrogen-bond acceptors (Lipinski definition) is 6. The first kappa shape index (κ1) is 17.8. The van der Waals surface area contributed by atoms with Crippen LogP contribution in [0.3, 0.4) is 0 Å². The van der Waals surface area contributed by atoms with Crippen molar-refractivity contribution in [1.82, 2.24) is 10.6 Å². The Kier molecular flexibility index (Phi) is 4.84. The molecule has 8 heteroatoms. The van der Waals surface area contributed by atoms with Crippen LogP contribution in [0.2, 0.25) is 0 Å². The maximum Gasteiger partial charge on any atom is 0.258 e. The van der Waals surface area contributed by atoms with E-state index in [1.807, 2.05) is 31.2 Å². The van der Waals surface area contributed by atoms with Gasteiger partial charge in [-0.25, -0.2) is 4.99 Å². The number of hydrogen-bond donors (Lipinski definition) is 2. The number of benzene rings is 2. The van der Waals surface area contributed by atoms with Crippen LogP contribution in [0.25, 0.3) is 0 Å². The van der Waals surface area contributed by atoms with Gasteiger partial charge in [0.2, 0.25) is 18.7 Å². The summed E-state index contributed by atoms with van der Waals surface area (Å²) in [5.41, 5.74) is 1.17. The van der Waals surface area contributed by atoms with Gasteiger partial charge in [0.25, 0.3) is 5.91 Å². The Balaban J connectivity index is 1.55. The molecule has 0 spiro atoms. The Morgan fingerprint density at radius 1 is 1.25 bits per heavy atom. The minimum absolute atomic E-state index is 0.107. The van der Waals surface area contributed by atoms with Gasteiger partial charge in [0.15, 0.2) is 11.5 Å². The topological polar surface area (TPSA) is 98.3 Å². The second-order valence-corrected chi connectivity index (χ2v) is 6.24. The van der Waals surface area contributed by atoms with Crippen molar-refractivity contribution in [1.29, 1.82) is 0 Å². The van der Waals surface area contributed by atoms with Crippen molar-refractivity contribution in [2.75, 3.05) is 13.4 Å². The molecule has 144 valence electrons. The monoisotopic (exact) mass is 381 g/mol. The van der Waals surface area contributed by atoms with Crippen molar-refractivity contribution in [3.63, 3.8) is 0 Å². The van der Waals surface area contributed by atoms with E-state index < -0.39 is 11.9 Å². The first-order valence-corrected chi connectivity index (χ1v) is 8.94. The summed E-state index contributed by atoms with van der Waals surface area (Å²) in [5, 5.41) is 5.25. The number of guanidine groups is 1. The molecule has 2 aliphatic rings. The van der Waals surface area contributed by atoms with Crippen molar-refractivity contribution < 1.29 is 23.8 Å². The highest BCUT2D eigenvalue weighted by atomic mass is 16.7.